The number of rotatable bonds is 3. The summed E-state index contributed by atoms with van der Waals surface area (Å²) in [6.07, 6.45) is -0.0166. The van der Waals surface area contributed by atoms with Crippen molar-refractivity contribution in [3.63, 3.8) is 0 Å². The van der Waals surface area contributed by atoms with E-state index in [2.05, 4.69) is 20.9 Å². The van der Waals surface area contributed by atoms with Crippen molar-refractivity contribution in [1.82, 2.24) is 9.38 Å². The summed E-state index contributed by atoms with van der Waals surface area (Å²) in [6.45, 7) is 4.03. The quantitative estimate of drug-likeness (QED) is 0.886. The lowest BCUT2D eigenvalue weighted by atomic mass is 10.1. The van der Waals surface area contributed by atoms with Crippen LogP contribution in [0.5, 0.6) is 0 Å². The van der Waals surface area contributed by atoms with Gasteiger partial charge in [0.2, 0.25) is 0 Å². The fraction of sp³-hybridized carbons (Fsp3) is 0.333. The summed E-state index contributed by atoms with van der Waals surface area (Å²) in [5.74, 6) is -0.638. The van der Waals surface area contributed by atoms with E-state index >= 15 is 0 Å². The molecule has 0 spiro atoms. The van der Waals surface area contributed by atoms with Crippen LogP contribution in [-0.2, 0) is 11.2 Å². The topological polar surface area (TPSA) is 54.6 Å². The molecular formula is C12H13BrN2O2. The molecule has 17 heavy (non-hydrogen) atoms. The van der Waals surface area contributed by atoms with E-state index in [0.717, 1.165) is 21.6 Å². The molecule has 0 aliphatic rings. The molecular weight excluding hydrogens is 284 g/mol. The number of fused-ring (bicyclic) bond motifs is 1. The second kappa shape index (κ2) is 4.49. The Morgan fingerprint density at radius 1 is 1.53 bits per heavy atom. The highest BCUT2D eigenvalue weighted by atomic mass is 79.9. The summed E-state index contributed by atoms with van der Waals surface area (Å²) in [5.41, 5.74) is 2.37. The van der Waals surface area contributed by atoms with Crippen molar-refractivity contribution < 1.29 is 9.90 Å². The minimum atomic E-state index is -0.843. The van der Waals surface area contributed by atoms with Crippen LogP contribution in [0.4, 0.5) is 0 Å². The molecule has 0 saturated heterocycles. The normalized spacial score (nSPS) is 11.3. The van der Waals surface area contributed by atoms with E-state index in [-0.39, 0.29) is 12.3 Å². The minimum Gasteiger partial charge on any atom is -0.481 e. The number of carboxylic acids is 1. The van der Waals surface area contributed by atoms with Crippen LogP contribution >= 0.6 is 15.9 Å². The molecule has 1 N–H and O–H groups in total. The van der Waals surface area contributed by atoms with Crippen molar-refractivity contribution in [1.29, 1.82) is 0 Å². The van der Waals surface area contributed by atoms with Gasteiger partial charge in [-0.25, -0.2) is 4.98 Å². The highest BCUT2D eigenvalue weighted by molar-refractivity contribution is 9.10. The van der Waals surface area contributed by atoms with E-state index in [1.807, 2.05) is 36.4 Å². The van der Waals surface area contributed by atoms with Crippen molar-refractivity contribution in [2.24, 2.45) is 0 Å². The number of carboxylic acid groups (broad SMARTS) is 1. The van der Waals surface area contributed by atoms with Gasteiger partial charge < -0.3 is 5.11 Å². The number of carbonyl (C=O) groups is 1. The largest absolute Gasteiger partial charge is 0.481 e. The minimum absolute atomic E-state index is 0.0166. The van der Waals surface area contributed by atoms with Crippen molar-refractivity contribution >= 4 is 27.5 Å². The summed E-state index contributed by atoms with van der Waals surface area (Å²) in [4.78, 5) is 15.4. The molecule has 2 rings (SSSR count). The van der Waals surface area contributed by atoms with Gasteiger partial charge in [0.05, 0.1) is 22.4 Å². The zero-order valence-corrected chi connectivity index (χ0v) is 11.2. The van der Waals surface area contributed by atoms with E-state index < -0.39 is 5.97 Å². The van der Waals surface area contributed by atoms with Crippen LogP contribution in [0.25, 0.3) is 5.65 Å². The number of pyridine rings is 1. The van der Waals surface area contributed by atoms with E-state index in [9.17, 15) is 4.79 Å². The van der Waals surface area contributed by atoms with Crippen molar-refractivity contribution in [2.45, 2.75) is 26.2 Å². The predicted octanol–water partition coefficient (Wildman–Crippen LogP) is 2.85. The van der Waals surface area contributed by atoms with Gasteiger partial charge in [-0.3, -0.25) is 9.20 Å². The van der Waals surface area contributed by atoms with E-state index in [1.54, 1.807) is 0 Å². The average Bonchev–Trinajstić information content (AvgIpc) is 2.57. The number of nitrogens with zero attached hydrogens (tertiary/aromatic N) is 2. The second-order valence-corrected chi connectivity index (χ2v) is 5.02. The van der Waals surface area contributed by atoms with E-state index in [4.69, 9.17) is 5.11 Å². The lowest BCUT2D eigenvalue weighted by molar-refractivity contribution is -0.136. The van der Waals surface area contributed by atoms with Crippen molar-refractivity contribution in [3.05, 3.63) is 34.2 Å². The maximum atomic E-state index is 10.9. The molecule has 4 nitrogen and oxygen atoms in total. The van der Waals surface area contributed by atoms with Gasteiger partial charge in [-0.15, -0.1) is 0 Å². The Bertz CT molecular complexity index is 575. The number of aromatic nitrogens is 2. The number of hydrogen-bond acceptors (Lipinski definition) is 2. The Kier molecular flexibility index (Phi) is 3.19. The van der Waals surface area contributed by atoms with Crippen LogP contribution in [0.2, 0.25) is 0 Å². The molecule has 0 aliphatic heterocycles. The standard InChI is InChI=1S/C12H13BrN2O2/c1-7(2)12-8(6-11(16)17)15-9(13)4-3-5-10(15)14-12/h3-5,7H,6H2,1-2H3,(H,16,17). The van der Waals surface area contributed by atoms with Crippen molar-refractivity contribution in [2.75, 3.05) is 0 Å². The Morgan fingerprint density at radius 3 is 2.82 bits per heavy atom. The average molecular weight is 297 g/mol. The first-order valence-electron chi connectivity index (χ1n) is 5.38. The summed E-state index contributed by atoms with van der Waals surface area (Å²) in [6, 6.07) is 5.65. The molecule has 0 aliphatic carbocycles. The molecule has 0 atom stereocenters. The first kappa shape index (κ1) is 12.1. The third-order valence-corrected chi connectivity index (χ3v) is 3.21. The van der Waals surface area contributed by atoms with Gasteiger partial charge in [-0.1, -0.05) is 19.9 Å². The van der Waals surface area contributed by atoms with E-state index in [1.165, 1.54) is 0 Å². The summed E-state index contributed by atoms with van der Waals surface area (Å²) in [5, 5.41) is 8.99. The van der Waals surface area contributed by atoms with Gasteiger partial charge in [-0.2, -0.15) is 0 Å². The molecule has 2 aromatic rings. The summed E-state index contributed by atoms with van der Waals surface area (Å²) >= 11 is 3.43. The Morgan fingerprint density at radius 2 is 2.24 bits per heavy atom. The maximum Gasteiger partial charge on any atom is 0.309 e. The lowest BCUT2D eigenvalue weighted by Gasteiger charge is -2.06. The number of imidazole rings is 1. The van der Waals surface area contributed by atoms with E-state index in [0.29, 0.717) is 0 Å². The van der Waals surface area contributed by atoms with Gasteiger partial charge in [-0.05, 0) is 34.0 Å². The number of hydrogen-bond donors (Lipinski definition) is 1. The maximum absolute atomic E-state index is 10.9. The summed E-state index contributed by atoms with van der Waals surface area (Å²) < 4.78 is 2.68. The predicted molar refractivity (Wildman–Crippen MR) is 68.3 cm³/mol. The Hall–Kier alpha value is -1.36. The molecule has 0 bridgehead atoms. The smallest absolute Gasteiger partial charge is 0.309 e. The van der Waals surface area contributed by atoms with Crippen LogP contribution in [-0.4, -0.2) is 20.5 Å². The number of halogens is 1. The lowest BCUT2D eigenvalue weighted by Crippen LogP contribution is -2.07. The fourth-order valence-corrected chi connectivity index (χ4v) is 2.45. The first-order chi connectivity index (χ1) is 8.00. The molecule has 5 heteroatoms. The highest BCUT2D eigenvalue weighted by Crippen LogP contribution is 2.24. The van der Waals surface area contributed by atoms with Gasteiger partial charge in [0, 0.05) is 0 Å². The van der Waals surface area contributed by atoms with Gasteiger partial charge in [0.1, 0.15) is 5.65 Å². The van der Waals surface area contributed by atoms with Gasteiger partial charge >= 0.3 is 5.97 Å². The summed E-state index contributed by atoms with van der Waals surface area (Å²) in [7, 11) is 0. The van der Waals surface area contributed by atoms with Gasteiger partial charge in [0.15, 0.2) is 0 Å². The van der Waals surface area contributed by atoms with Crippen LogP contribution < -0.4 is 0 Å². The molecule has 0 radical (unpaired) electrons. The van der Waals surface area contributed by atoms with Crippen LogP contribution in [0.3, 0.4) is 0 Å². The molecule has 90 valence electrons. The highest BCUT2D eigenvalue weighted by Gasteiger charge is 2.18. The van der Waals surface area contributed by atoms with Crippen LogP contribution in [0.15, 0.2) is 22.8 Å². The second-order valence-electron chi connectivity index (χ2n) is 4.21. The molecule has 0 fully saturated rings. The fourth-order valence-electron chi connectivity index (χ4n) is 1.90. The van der Waals surface area contributed by atoms with Crippen LogP contribution in [0.1, 0.15) is 31.2 Å². The third kappa shape index (κ3) is 2.20. The SMILES string of the molecule is CC(C)c1nc2cccc(Br)n2c1CC(=O)O. The molecule has 2 aromatic heterocycles. The molecule has 2 heterocycles. The zero-order chi connectivity index (χ0) is 12.6. The molecule has 0 aromatic carbocycles. The monoisotopic (exact) mass is 296 g/mol. The molecule has 0 unspecified atom stereocenters. The Labute approximate surface area is 107 Å². The number of aliphatic carboxylic acids is 1. The van der Waals surface area contributed by atoms with Crippen molar-refractivity contribution in [3.8, 4) is 0 Å². The van der Waals surface area contributed by atoms with Crippen LogP contribution in [0, 0.1) is 0 Å². The van der Waals surface area contributed by atoms with Gasteiger partial charge in [0.25, 0.3) is 0 Å². The molecule has 0 saturated carbocycles. The Balaban J connectivity index is 2.73. The zero-order valence-electron chi connectivity index (χ0n) is 9.64. The first-order valence-corrected chi connectivity index (χ1v) is 6.17. The molecule has 0 amide bonds. The third-order valence-electron chi connectivity index (χ3n) is 2.59.